The van der Waals surface area contributed by atoms with Crippen LogP contribution in [0, 0.1) is 27.3 Å². The normalized spacial score (nSPS) is 9.41. The van der Waals surface area contributed by atoms with Gasteiger partial charge in [0.05, 0.1) is 23.0 Å². The fourth-order valence-corrected chi connectivity index (χ4v) is 1.13. The quantitative estimate of drug-likeness (QED) is 0.486. The molecule has 0 spiro atoms. The molecule has 88 valence electrons. The van der Waals surface area contributed by atoms with Crippen molar-refractivity contribution >= 4 is 11.6 Å². The first kappa shape index (κ1) is 12.6. The van der Waals surface area contributed by atoms with E-state index in [0.29, 0.717) is 0 Å². The summed E-state index contributed by atoms with van der Waals surface area (Å²) in [5.41, 5.74) is -0.769. The van der Waals surface area contributed by atoms with E-state index in [9.17, 15) is 19.3 Å². The summed E-state index contributed by atoms with van der Waals surface area (Å²) in [4.78, 5) is 21.2. The van der Waals surface area contributed by atoms with Gasteiger partial charge in [-0.1, -0.05) is 0 Å². The van der Waals surface area contributed by atoms with Crippen molar-refractivity contribution < 1.29 is 14.1 Å². The van der Waals surface area contributed by atoms with Gasteiger partial charge in [0.2, 0.25) is 0 Å². The second-order valence-electron chi connectivity index (χ2n) is 3.09. The number of carbonyl (C=O) groups is 1. The third-order valence-electron chi connectivity index (χ3n) is 1.93. The van der Waals surface area contributed by atoms with E-state index in [2.05, 4.69) is 5.32 Å². The highest BCUT2D eigenvalue weighted by Gasteiger charge is 2.16. The van der Waals surface area contributed by atoms with Gasteiger partial charge in [0.15, 0.2) is 0 Å². The van der Waals surface area contributed by atoms with E-state index in [1.807, 2.05) is 0 Å². The summed E-state index contributed by atoms with van der Waals surface area (Å²) in [5.74, 6) is -1.62. The van der Waals surface area contributed by atoms with Gasteiger partial charge in [-0.25, -0.2) is 4.39 Å². The van der Waals surface area contributed by atoms with Crippen LogP contribution in [0.4, 0.5) is 10.1 Å². The molecule has 0 radical (unpaired) electrons. The monoisotopic (exact) mass is 237 g/mol. The van der Waals surface area contributed by atoms with Crippen LogP contribution in [0.5, 0.6) is 0 Å². The zero-order chi connectivity index (χ0) is 12.8. The summed E-state index contributed by atoms with van der Waals surface area (Å²) in [7, 11) is 0. The molecule has 0 aromatic heterocycles. The largest absolute Gasteiger partial charge is 0.351 e. The number of hydrogen-bond acceptors (Lipinski definition) is 4. The fourth-order valence-electron chi connectivity index (χ4n) is 1.13. The van der Waals surface area contributed by atoms with Gasteiger partial charge in [-0.2, -0.15) is 5.26 Å². The maximum absolute atomic E-state index is 13.2. The maximum Gasteiger partial charge on any atom is 0.270 e. The third-order valence-corrected chi connectivity index (χ3v) is 1.93. The number of halogens is 1. The van der Waals surface area contributed by atoms with Gasteiger partial charge in [0, 0.05) is 18.7 Å². The van der Waals surface area contributed by atoms with Crippen LogP contribution in [0.3, 0.4) is 0 Å². The van der Waals surface area contributed by atoms with E-state index in [1.54, 1.807) is 6.07 Å². The van der Waals surface area contributed by atoms with Gasteiger partial charge in [0.1, 0.15) is 5.82 Å². The van der Waals surface area contributed by atoms with Crippen LogP contribution < -0.4 is 5.32 Å². The van der Waals surface area contributed by atoms with Crippen LogP contribution in [0.25, 0.3) is 0 Å². The van der Waals surface area contributed by atoms with Crippen LogP contribution in [0.2, 0.25) is 0 Å². The number of nitrogens with one attached hydrogen (secondary N) is 1. The van der Waals surface area contributed by atoms with Crippen LogP contribution in [0.1, 0.15) is 16.8 Å². The van der Waals surface area contributed by atoms with Crippen molar-refractivity contribution in [2.45, 2.75) is 6.42 Å². The van der Waals surface area contributed by atoms with Crippen molar-refractivity contribution in [3.8, 4) is 6.07 Å². The zero-order valence-corrected chi connectivity index (χ0v) is 8.64. The van der Waals surface area contributed by atoms with Gasteiger partial charge < -0.3 is 5.32 Å². The molecular weight excluding hydrogens is 229 g/mol. The average molecular weight is 237 g/mol. The van der Waals surface area contributed by atoms with Crippen molar-refractivity contribution in [2.24, 2.45) is 0 Å². The molecule has 0 atom stereocenters. The molecule has 0 aliphatic rings. The third kappa shape index (κ3) is 3.24. The fraction of sp³-hybridized carbons (Fsp3) is 0.200. The second-order valence-corrected chi connectivity index (χ2v) is 3.09. The number of nitriles is 1. The zero-order valence-electron chi connectivity index (χ0n) is 8.64. The number of rotatable bonds is 4. The number of nitrogens with zero attached hydrogens (tertiary/aromatic N) is 2. The number of benzene rings is 1. The second kappa shape index (κ2) is 5.55. The lowest BCUT2D eigenvalue weighted by atomic mass is 10.1. The van der Waals surface area contributed by atoms with Gasteiger partial charge in [0.25, 0.3) is 11.6 Å². The molecule has 0 unspecified atom stereocenters. The lowest BCUT2D eigenvalue weighted by molar-refractivity contribution is -0.384. The minimum atomic E-state index is -0.843. The van der Waals surface area contributed by atoms with Gasteiger partial charge in [-0.3, -0.25) is 14.9 Å². The molecule has 17 heavy (non-hydrogen) atoms. The molecule has 1 amide bonds. The maximum atomic E-state index is 13.2. The molecule has 1 aromatic carbocycles. The molecular formula is C10H8FN3O3. The van der Waals surface area contributed by atoms with E-state index < -0.39 is 22.2 Å². The molecule has 0 saturated heterocycles. The van der Waals surface area contributed by atoms with E-state index in [-0.39, 0.29) is 18.7 Å². The van der Waals surface area contributed by atoms with Gasteiger partial charge in [-0.15, -0.1) is 0 Å². The van der Waals surface area contributed by atoms with Crippen LogP contribution >= 0.6 is 0 Å². The minimum Gasteiger partial charge on any atom is -0.351 e. The molecule has 0 fully saturated rings. The molecule has 1 N–H and O–H groups in total. The molecule has 0 saturated carbocycles. The SMILES string of the molecule is N#CCCNC(=O)c1cc([N+](=O)[O-])ccc1F. The number of nitro groups is 1. The minimum absolute atomic E-state index is 0.0669. The number of amides is 1. The highest BCUT2D eigenvalue weighted by Crippen LogP contribution is 2.16. The van der Waals surface area contributed by atoms with E-state index in [1.165, 1.54) is 0 Å². The van der Waals surface area contributed by atoms with E-state index in [4.69, 9.17) is 5.26 Å². The van der Waals surface area contributed by atoms with Gasteiger partial charge in [-0.05, 0) is 6.07 Å². The first-order valence-electron chi connectivity index (χ1n) is 4.65. The summed E-state index contributed by atoms with van der Waals surface area (Å²) >= 11 is 0. The summed E-state index contributed by atoms with van der Waals surface area (Å²) in [6.45, 7) is 0.0669. The van der Waals surface area contributed by atoms with Crippen molar-refractivity contribution in [3.63, 3.8) is 0 Å². The predicted octanol–water partition coefficient (Wildman–Crippen LogP) is 1.38. The summed E-state index contributed by atoms with van der Waals surface area (Å²) in [6.07, 6.45) is 0.0856. The number of non-ortho nitro benzene ring substituents is 1. The Hall–Kier alpha value is -2.49. The summed E-state index contributed by atoms with van der Waals surface area (Å²) < 4.78 is 13.2. The molecule has 0 aliphatic heterocycles. The van der Waals surface area contributed by atoms with Crippen LogP contribution in [-0.4, -0.2) is 17.4 Å². The molecule has 1 rings (SSSR count). The average Bonchev–Trinajstić information content (AvgIpc) is 2.29. The van der Waals surface area contributed by atoms with Crippen molar-refractivity contribution in [3.05, 3.63) is 39.7 Å². The highest BCUT2D eigenvalue weighted by atomic mass is 19.1. The number of hydrogen-bond donors (Lipinski definition) is 1. The Bertz CT molecular complexity index is 496. The summed E-state index contributed by atoms with van der Waals surface area (Å²) in [5, 5.41) is 21.0. The molecule has 0 bridgehead atoms. The first-order chi connectivity index (χ1) is 8.06. The first-order valence-corrected chi connectivity index (χ1v) is 4.65. The Morgan fingerprint density at radius 3 is 2.88 bits per heavy atom. The predicted molar refractivity (Wildman–Crippen MR) is 55.6 cm³/mol. The lowest BCUT2D eigenvalue weighted by Crippen LogP contribution is -2.25. The molecule has 0 aliphatic carbocycles. The number of nitro benzene ring substituents is 1. The highest BCUT2D eigenvalue weighted by molar-refractivity contribution is 5.95. The summed E-state index contributed by atoms with van der Waals surface area (Å²) in [6, 6.07) is 4.49. The van der Waals surface area contributed by atoms with Gasteiger partial charge >= 0.3 is 0 Å². The molecule has 6 nitrogen and oxygen atoms in total. The van der Waals surface area contributed by atoms with E-state index in [0.717, 1.165) is 18.2 Å². The topological polar surface area (TPSA) is 96.0 Å². The Morgan fingerprint density at radius 2 is 2.29 bits per heavy atom. The molecule has 0 heterocycles. The van der Waals surface area contributed by atoms with Crippen LogP contribution in [-0.2, 0) is 0 Å². The van der Waals surface area contributed by atoms with Crippen molar-refractivity contribution in [1.82, 2.24) is 5.32 Å². The standard InChI is InChI=1S/C10H8FN3O3/c11-9-3-2-7(14(16)17)6-8(9)10(15)13-5-1-4-12/h2-3,6H,1,5H2,(H,13,15). The lowest BCUT2D eigenvalue weighted by Gasteiger charge is -2.03. The molecule has 1 aromatic rings. The van der Waals surface area contributed by atoms with Crippen LogP contribution in [0.15, 0.2) is 18.2 Å². The van der Waals surface area contributed by atoms with E-state index >= 15 is 0 Å². The Kier molecular flexibility index (Phi) is 4.11. The van der Waals surface area contributed by atoms with Crippen molar-refractivity contribution in [2.75, 3.05) is 6.54 Å². The Morgan fingerprint density at radius 1 is 1.59 bits per heavy atom. The Balaban J connectivity index is 2.89. The van der Waals surface area contributed by atoms with Crippen molar-refractivity contribution in [1.29, 1.82) is 5.26 Å². The Labute approximate surface area is 95.8 Å². The smallest absolute Gasteiger partial charge is 0.270 e. The molecule has 7 heteroatoms. The number of carbonyl (C=O) groups excluding carboxylic acids is 1.